The molecule has 0 aromatic rings. The predicted molar refractivity (Wildman–Crippen MR) is 43.0 cm³/mol. The van der Waals surface area contributed by atoms with Gasteiger partial charge in [-0.1, -0.05) is 6.58 Å². The number of ether oxygens (including phenoxy) is 1. The standard InChI is InChI=1S/C6H10O6S/c1-4(2)6(7)11-5(3)12-13(8,9)10/h5H,1H2,2-3H3,(H,8,9,10). The Bertz CT molecular complexity index is 303. The summed E-state index contributed by atoms with van der Waals surface area (Å²) in [5.41, 5.74) is 0.103. The van der Waals surface area contributed by atoms with E-state index >= 15 is 0 Å². The number of carbonyl (C=O) groups excluding carboxylic acids is 1. The Labute approximate surface area is 76.1 Å². The van der Waals surface area contributed by atoms with Crippen LogP contribution in [-0.2, 0) is 24.1 Å². The smallest absolute Gasteiger partial charge is 0.400 e. The number of hydrogen-bond acceptors (Lipinski definition) is 5. The highest BCUT2D eigenvalue weighted by molar-refractivity contribution is 7.80. The number of hydrogen-bond donors (Lipinski definition) is 1. The average molecular weight is 210 g/mol. The zero-order valence-corrected chi connectivity index (χ0v) is 8.00. The Kier molecular flexibility index (Phi) is 4.05. The fourth-order valence-electron chi connectivity index (χ4n) is 0.442. The van der Waals surface area contributed by atoms with Crippen LogP contribution in [0.3, 0.4) is 0 Å². The van der Waals surface area contributed by atoms with Crippen molar-refractivity contribution in [3.05, 3.63) is 12.2 Å². The van der Waals surface area contributed by atoms with Gasteiger partial charge in [0.25, 0.3) is 0 Å². The van der Waals surface area contributed by atoms with Crippen molar-refractivity contribution in [2.75, 3.05) is 0 Å². The van der Waals surface area contributed by atoms with Crippen LogP contribution in [0.4, 0.5) is 0 Å². The summed E-state index contributed by atoms with van der Waals surface area (Å²) in [6.07, 6.45) is -1.38. The summed E-state index contributed by atoms with van der Waals surface area (Å²) >= 11 is 0. The van der Waals surface area contributed by atoms with E-state index < -0.39 is 22.7 Å². The third-order valence-corrected chi connectivity index (χ3v) is 1.39. The summed E-state index contributed by atoms with van der Waals surface area (Å²) in [5, 5.41) is 0. The maximum absolute atomic E-state index is 10.8. The van der Waals surface area contributed by atoms with Crippen LogP contribution in [0.5, 0.6) is 0 Å². The summed E-state index contributed by atoms with van der Waals surface area (Å²) in [5.74, 6) is -0.795. The van der Waals surface area contributed by atoms with Crippen molar-refractivity contribution >= 4 is 16.4 Å². The largest absolute Gasteiger partial charge is 0.431 e. The van der Waals surface area contributed by atoms with Crippen molar-refractivity contribution in [2.45, 2.75) is 20.1 Å². The molecule has 0 bridgehead atoms. The maximum Gasteiger partial charge on any atom is 0.400 e. The normalized spacial score (nSPS) is 13.5. The molecule has 0 aliphatic rings. The molecule has 1 N–H and O–H groups in total. The maximum atomic E-state index is 10.8. The van der Waals surface area contributed by atoms with E-state index in [4.69, 9.17) is 4.55 Å². The number of carbonyl (C=O) groups is 1. The van der Waals surface area contributed by atoms with E-state index in [1.165, 1.54) is 6.92 Å². The van der Waals surface area contributed by atoms with E-state index in [9.17, 15) is 13.2 Å². The van der Waals surface area contributed by atoms with E-state index in [-0.39, 0.29) is 5.57 Å². The summed E-state index contributed by atoms with van der Waals surface area (Å²) in [6.45, 7) is 5.80. The van der Waals surface area contributed by atoms with Crippen LogP contribution in [0.2, 0.25) is 0 Å². The summed E-state index contributed by atoms with van der Waals surface area (Å²) in [6, 6.07) is 0. The lowest BCUT2D eigenvalue weighted by Gasteiger charge is -2.10. The van der Waals surface area contributed by atoms with Crippen LogP contribution in [0.15, 0.2) is 12.2 Å². The molecule has 6 nitrogen and oxygen atoms in total. The molecule has 1 unspecified atom stereocenters. The molecule has 0 amide bonds. The minimum atomic E-state index is -4.60. The molecule has 0 radical (unpaired) electrons. The Morgan fingerprint density at radius 3 is 2.31 bits per heavy atom. The van der Waals surface area contributed by atoms with Gasteiger partial charge in [-0.2, -0.15) is 8.42 Å². The zero-order chi connectivity index (χ0) is 10.6. The molecule has 0 aliphatic heterocycles. The first kappa shape index (κ1) is 12.1. The molecule has 0 heterocycles. The van der Waals surface area contributed by atoms with Gasteiger partial charge in [0.15, 0.2) is 0 Å². The van der Waals surface area contributed by atoms with Gasteiger partial charge in [0.1, 0.15) is 0 Å². The van der Waals surface area contributed by atoms with Crippen LogP contribution < -0.4 is 0 Å². The molecule has 13 heavy (non-hydrogen) atoms. The van der Waals surface area contributed by atoms with Gasteiger partial charge in [-0.05, 0) is 13.8 Å². The average Bonchev–Trinajstić information content (AvgIpc) is 1.81. The molecule has 76 valence electrons. The highest BCUT2D eigenvalue weighted by Crippen LogP contribution is 2.02. The Morgan fingerprint density at radius 2 is 2.00 bits per heavy atom. The van der Waals surface area contributed by atoms with E-state index in [1.54, 1.807) is 0 Å². The van der Waals surface area contributed by atoms with Gasteiger partial charge in [-0.15, -0.1) is 0 Å². The van der Waals surface area contributed by atoms with Crippen molar-refractivity contribution in [2.24, 2.45) is 0 Å². The first-order valence-electron chi connectivity index (χ1n) is 3.24. The molecule has 0 rings (SSSR count). The first-order valence-corrected chi connectivity index (χ1v) is 4.61. The van der Waals surface area contributed by atoms with E-state index in [0.29, 0.717) is 0 Å². The van der Waals surface area contributed by atoms with Gasteiger partial charge in [0.2, 0.25) is 6.29 Å². The number of esters is 1. The van der Waals surface area contributed by atoms with Crippen molar-refractivity contribution < 1.29 is 26.7 Å². The third kappa shape index (κ3) is 6.26. The van der Waals surface area contributed by atoms with Crippen LogP contribution in [0, 0.1) is 0 Å². The fraction of sp³-hybridized carbons (Fsp3) is 0.500. The second kappa shape index (κ2) is 4.35. The van der Waals surface area contributed by atoms with E-state index in [1.807, 2.05) is 0 Å². The van der Waals surface area contributed by atoms with Crippen LogP contribution in [-0.4, -0.2) is 25.2 Å². The van der Waals surface area contributed by atoms with Crippen molar-refractivity contribution in [1.82, 2.24) is 0 Å². The predicted octanol–water partition coefficient (Wildman–Crippen LogP) is 0.271. The Morgan fingerprint density at radius 1 is 1.54 bits per heavy atom. The SMILES string of the molecule is C=C(C)C(=O)OC(C)OS(=O)(=O)O. The summed E-state index contributed by atoms with van der Waals surface area (Å²) in [4.78, 5) is 10.8. The second-order valence-electron chi connectivity index (χ2n) is 2.28. The topological polar surface area (TPSA) is 89.9 Å². The Hall–Kier alpha value is -0.920. The van der Waals surface area contributed by atoms with Gasteiger partial charge in [0.05, 0.1) is 0 Å². The summed E-state index contributed by atoms with van der Waals surface area (Å²) < 4.78 is 36.7. The van der Waals surface area contributed by atoms with Crippen LogP contribution in [0.25, 0.3) is 0 Å². The minimum absolute atomic E-state index is 0.103. The van der Waals surface area contributed by atoms with Gasteiger partial charge in [-0.3, -0.25) is 4.55 Å². The molecule has 7 heteroatoms. The quantitative estimate of drug-likeness (QED) is 0.310. The molecule has 0 spiro atoms. The van der Waals surface area contributed by atoms with Crippen LogP contribution in [0.1, 0.15) is 13.8 Å². The molecule has 0 saturated carbocycles. The highest BCUT2D eigenvalue weighted by Gasteiger charge is 2.16. The fourth-order valence-corrected chi connectivity index (χ4v) is 0.824. The van der Waals surface area contributed by atoms with Gasteiger partial charge >= 0.3 is 16.4 Å². The first-order chi connectivity index (χ1) is 5.72. The monoisotopic (exact) mass is 210 g/mol. The van der Waals surface area contributed by atoms with Gasteiger partial charge in [0, 0.05) is 5.57 Å². The lowest BCUT2D eigenvalue weighted by molar-refractivity contribution is -0.156. The minimum Gasteiger partial charge on any atom is -0.431 e. The third-order valence-electron chi connectivity index (χ3n) is 0.879. The van der Waals surface area contributed by atoms with Crippen molar-refractivity contribution in [3.8, 4) is 0 Å². The molecule has 1 atom stereocenters. The highest BCUT2D eigenvalue weighted by atomic mass is 32.3. The van der Waals surface area contributed by atoms with Crippen molar-refractivity contribution in [1.29, 1.82) is 0 Å². The Balaban J connectivity index is 4.10. The van der Waals surface area contributed by atoms with Gasteiger partial charge in [-0.25, -0.2) is 8.98 Å². The molecule has 0 aliphatic carbocycles. The molecule has 0 saturated heterocycles. The molecule has 0 aromatic carbocycles. The van der Waals surface area contributed by atoms with E-state index in [2.05, 4.69) is 15.5 Å². The lowest BCUT2D eigenvalue weighted by atomic mass is 10.4. The van der Waals surface area contributed by atoms with Crippen LogP contribution >= 0.6 is 0 Å². The van der Waals surface area contributed by atoms with Crippen molar-refractivity contribution in [3.63, 3.8) is 0 Å². The van der Waals surface area contributed by atoms with E-state index in [0.717, 1.165) is 6.92 Å². The van der Waals surface area contributed by atoms with Gasteiger partial charge < -0.3 is 4.74 Å². The molecule has 0 aromatic heterocycles. The lowest BCUT2D eigenvalue weighted by Crippen LogP contribution is -2.21. The second-order valence-corrected chi connectivity index (χ2v) is 3.33. The molecule has 0 fully saturated rings. The number of rotatable bonds is 4. The molecular weight excluding hydrogens is 200 g/mol. The zero-order valence-electron chi connectivity index (χ0n) is 7.18. The summed E-state index contributed by atoms with van der Waals surface area (Å²) in [7, 11) is -4.60. The molecular formula is C6H10O6S.